The van der Waals surface area contributed by atoms with Gasteiger partial charge in [0.1, 0.15) is 11.5 Å². The lowest BCUT2D eigenvalue weighted by molar-refractivity contribution is -0.139. The van der Waals surface area contributed by atoms with Gasteiger partial charge in [-0.2, -0.15) is 0 Å². The van der Waals surface area contributed by atoms with Crippen molar-refractivity contribution in [2.24, 2.45) is 0 Å². The lowest BCUT2D eigenvalue weighted by atomic mass is 9.95. The van der Waals surface area contributed by atoms with Gasteiger partial charge in [0.15, 0.2) is 0 Å². The summed E-state index contributed by atoms with van der Waals surface area (Å²) in [6.45, 7) is 1.03. The molecule has 4 rings (SSSR count). The molecule has 3 aromatic rings. The molecule has 31 heavy (non-hydrogen) atoms. The number of hydrogen-bond acceptors (Lipinski definition) is 5. The van der Waals surface area contributed by atoms with Crippen LogP contribution in [-0.2, 0) is 16.1 Å². The zero-order chi connectivity index (χ0) is 21.8. The maximum atomic E-state index is 13.0. The molecule has 1 fully saturated rings. The number of likely N-dealkylation sites (tertiary alicyclic amines) is 1. The molecule has 0 radical (unpaired) electrons. The quantitative estimate of drug-likeness (QED) is 0.362. The number of aliphatic hydroxyl groups excluding tert-OH is 1. The first-order valence-electron chi connectivity index (χ1n) is 10.0. The van der Waals surface area contributed by atoms with E-state index in [0.29, 0.717) is 30.8 Å². The van der Waals surface area contributed by atoms with Crippen molar-refractivity contribution in [1.29, 1.82) is 0 Å². The Kier molecular flexibility index (Phi) is 5.84. The number of Topliss-reactive ketones (excluding diaryl/α,β-unsaturated/α-hetero) is 1. The molecule has 1 unspecified atom stereocenters. The number of nitrogens with zero attached hydrogens (tertiary/aromatic N) is 3. The van der Waals surface area contributed by atoms with Gasteiger partial charge in [-0.3, -0.25) is 9.59 Å². The Morgan fingerprint density at radius 2 is 1.81 bits per heavy atom. The van der Waals surface area contributed by atoms with Gasteiger partial charge in [0.25, 0.3) is 11.7 Å². The van der Waals surface area contributed by atoms with E-state index in [1.807, 2.05) is 41.1 Å². The predicted octanol–water partition coefficient (Wildman–Crippen LogP) is 3.40. The van der Waals surface area contributed by atoms with Crippen LogP contribution in [0, 0.1) is 0 Å². The topological polar surface area (TPSA) is 84.7 Å². The lowest BCUT2D eigenvalue weighted by Crippen LogP contribution is -2.31. The summed E-state index contributed by atoms with van der Waals surface area (Å²) in [6, 6.07) is 15.5. The fourth-order valence-corrected chi connectivity index (χ4v) is 3.92. The van der Waals surface area contributed by atoms with Gasteiger partial charge >= 0.3 is 0 Å². The van der Waals surface area contributed by atoms with Gasteiger partial charge in [-0.1, -0.05) is 42.5 Å². The van der Waals surface area contributed by atoms with E-state index < -0.39 is 17.7 Å². The fourth-order valence-electron chi connectivity index (χ4n) is 3.92. The van der Waals surface area contributed by atoms with Crippen LogP contribution < -0.4 is 4.74 Å². The Morgan fingerprint density at radius 3 is 2.52 bits per heavy atom. The van der Waals surface area contributed by atoms with E-state index in [1.165, 1.54) is 12.0 Å². The zero-order valence-electron chi connectivity index (χ0n) is 17.1. The first-order chi connectivity index (χ1) is 15.1. The number of ketones is 1. The monoisotopic (exact) mass is 417 g/mol. The van der Waals surface area contributed by atoms with E-state index in [0.717, 1.165) is 5.56 Å². The molecule has 0 aliphatic carbocycles. The minimum Gasteiger partial charge on any atom is -0.507 e. The number of carbonyl (C=O) groups excluding carboxylic acids is 2. The molecule has 2 aromatic carbocycles. The van der Waals surface area contributed by atoms with E-state index >= 15 is 0 Å². The molecule has 1 N–H and O–H groups in total. The van der Waals surface area contributed by atoms with Gasteiger partial charge in [0, 0.05) is 25.5 Å². The van der Waals surface area contributed by atoms with E-state index in [4.69, 9.17) is 4.74 Å². The van der Waals surface area contributed by atoms with Crippen LogP contribution in [-0.4, -0.2) is 44.9 Å². The molecule has 158 valence electrons. The Hall–Kier alpha value is -3.87. The molecule has 1 aromatic heterocycles. The van der Waals surface area contributed by atoms with Crippen molar-refractivity contribution in [3.8, 4) is 5.75 Å². The maximum absolute atomic E-state index is 13.0. The number of imidazole rings is 1. The second-order valence-corrected chi connectivity index (χ2v) is 7.26. The average Bonchev–Trinajstić information content (AvgIpc) is 3.41. The third kappa shape index (κ3) is 3.94. The highest BCUT2D eigenvalue weighted by molar-refractivity contribution is 6.46. The van der Waals surface area contributed by atoms with Crippen molar-refractivity contribution < 1.29 is 19.4 Å². The maximum Gasteiger partial charge on any atom is 0.295 e. The molecule has 7 heteroatoms. The minimum atomic E-state index is -0.695. The van der Waals surface area contributed by atoms with Crippen molar-refractivity contribution in [2.75, 3.05) is 13.7 Å². The van der Waals surface area contributed by atoms with Crippen LogP contribution in [0.2, 0.25) is 0 Å². The Labute approximate surface area is 180 Å². The number of benzene rings is 2. The number of hydrogen-bond donors (Lipinski definition) is 1. The summed E-state index contributed by atoms with van der Waals surface area (Å²) in [7, 11) is 1.50. The molecule has 1 aliphatic rings. The molecule has 7 nitrogen and oxygen atoms in total. The molecular weight excluding hydrogens is 394 g/mol. The molecular formula is C24H23N3O4. The standard InChI is InChI=1S/C24H23N3O4/c1-31-19-11-6-5-10-18(19)22(28)20-21(17-8-3-2-4-9-17)27(24(30)23(20)29)14-7-13-26-15-12-25-16-26/h2-6,8-12,15-16,21,28H,7,13-14H2,1H3/b22-20+. The van der Waals surface area contributed by atoms with Gasteiger partial charge in [-0.25, -0.2) is 4.98 Å². The third-order valence-corrected chi connectivity index (χ3v) is 5.39. The van der Waals surface area contributed by atoms with Crippen LogP contribution in [0.4, 0.5) is 0 Å². The first kappa shape index (κ1) is 20.4. The number of carbonyl (C=O) groups is 2. The van der Waals surface area contributed by atoms with Crippen molar-refractivity contribution in [1.82, 2.24) is 14.5 Å². The number of aliphatic hydroxyl groups is 1. The van der Waals surface area contributed by atoms with Crippen LogP contribution in [0.1, 0.15) is 23.6 Å². The lowest BCUT2D eigenvalue weighted by Gasteiger charge is -2.25. The van der Waals surface area contributed by atoms with Crippen molar-refractivity contribution in [3.63, 3.8) is 0 Å². The summed E-state index contributed by atoms with van der Waals surface area (Å²) in [6.07, 6.45) is 5.90. The molecule has 0 bridgehead atoms. The van der Waals surface area contributed by atoms with E-state index in [9.17, 15) is 14.7 Å². The SMILES string of the molecule is COc1ccccc1/C(O)=C1\C(=O)C(=O)N(CCCn2ccnc2)C1c1ccccc1. The smallest absolute Gasteiger partial charge is 0.295 e. The summed E-state index contributed by atoms with van der Waals surface area (Å²) in [5.74, 6) is -1.12. The van der Waals surface area contributed by atoms with Crippen molar-refractivity contribution >= 4 is 17.4 Å². The number of amides is 1. The molecule has 1 saturated heterocycles. The largest absolute Gasteiger partial charge is 0.507 e. The van der Waals surface area contributed by atoms with Gasteiger partial charge in [0.05, 0.1) is 30.6 Å². The summed E-state index contributed by atoms with van der Waals surface area (Å²) >= 11 is 0. The van der Waals surface area contributed by atoms with Crippen LogP contribution in [0.3, 0.4) is 0 Å². The van der Waals surface area contributed by atoms with Crippen LogP contribution in [0.15, 0.2) is 78.9 Å². The number of ether oxygens (including phenoxy) is 1. The number of aryl methyl sites for hydroxylation is 1. The second kappa shape index (κ2) is 8.87. The van der Waals surface area contributed by atoms with Crippen molar-refractivity contribution in [3.05, 3.63) is 90.0 Å². The molecule has 0 saturated carbocycles. The Balaban J connectivity index is 1.74. The summed E-state index contributed by atoms with van der Waals surface area (Å²) < 4.78 is 7.27. The van der Waals surface area contributed by atoms with E-state index in [-0.39, 0.29) is 11.3 Å². The second-order valence-electron chi connectivity index (χ2n) is 7.26. The minimum absolute atomic E-state index is 0.0725. The number of aromatic nitrogens is 2. The normalized spacial score (nSPS) is 17.8. The highest BCUT2D eigenvalue weighted by Gasteiger charge is 2.45. The molecule has 1 aliphatic heterocycles. The average molecular weight is 417 g/mol. The fraction of sp³-hybridized carbons (Fsp3) is 0.208. The zero-order valence-corrected chi connectivity index (χ0v) is 17.1. The molecule has 0 spiro atoms. The number of rotatable bonds is 7. The van der Waals surface area contributed by atoms with Crippen LogP contribution >= 0.6 is 0 Å². The van der Waals surface area contributed by atoms with E-state index in [2.05, 4.69) is 4.98 Å². The Morgan fingerprint density at radius 1 is 1.06 bits per heavy atom. The number of para-hydroxylation sites is 1. The molecule has 1 amide bonds. The van der Waals surface area contributed by atoms with Crippen LogP contribution in [0.5, 0.6) is 5.75 Å². The molecule has 1 atom stereocenters. The summed E-state index contributed by atoms with van der Waals surface area (Å²) in [5, 5.41) is 11.1. The highest BCUT2D eigenvalue weighted by atomic mass is 16.5. The van der Waals surface area contributed by atoms with Crippen molar-refractivity contribution in [2.45, 2.75) is 19.0 Å². The number of methoxy groups -OCH3 is 1. The van der Waals surface area contributed by atoms with E-state index in [1.54, 1.807) is 36.8 Å². The molecule has 2 heterocycles. The highest BCUT2D eigenvalue weighted by Crippen LogP contribution is 2.40. The predicted molar refractivity (Wildman–Crippen MR) is 115 cm³/mol. The summed E-state index contributed by atoms with van der Waals surface area (Å²) in [5.41, 5.74) is 1.21. The van der Waals surface area contributed by atoms with Gasteiger partial charge in [0.2, 0.25) is 0 Å². The Bertz CT molecular complexity index is 1110. The van der Waals surface area contributed by atoms with Gasteiger partial charge in [-0.15, -0.1) is 0 Å². The summed E-state index contributed by atoms with van der Waals surface area (Å²) in [4.78, 5) is 31.6. The van der Waals surface area contributed by atoms with Crippen LogP contribution in [0.25, 0.3) is 5.76 Å². The first-order valence-corrected chi connectivity index (χ1v) is 10.0. The van der Waals surface area contributed by atoms with Gasteiger partial charge < -0.3 is 19.3 Å². The third-order valence-electron chi connectivity index (χ3n) is 5.39. The van der Waals surface area contributed by atoms with Gasteiger partial charge in [-0.05, 0) is 24.1 Å².